The average molecular weight is 413 g/mol. The number of sulfonamides is 1. The SMILES string of the molecule is CCOC(=O)Cn1c(C)c(/C=N\NS(=O)(=O)c2ccc(C)cc2)c2ccccc21. The van der Waals surface area contributed by atoms with Crippen molar-refractivity contribution in [2.75, 3.05) is 6.61 Å². The van der Waals surface area contributed by atoms with Gasteiger partial charge < -0.3 is 9.30 Å². The van der Waals surface area contributed by atoms with Gasteiger partial charge in [0.05, 0.1) is 17.7 Å². The molecule has 0 bridgehead atoms. The number of hydrogen-bond acceptors (Lipinski definition) is 5. The van der Waals surface area contributed by atoms with Crippen molar-refractivity contribution in [1.29, 1.82) is 0 Å². The van der Waals surface area contributed by atoms with Crippen molar-refractivity contribution in [2.45, 2.75) is 32.2 Å². The van der Waals surface area contributed by atoms with Crippen LogP contribution in [0.1, 0.15) is 23.7 Å². The number of carbonyl (C=O) groups excluding carboxylic acids is 1. The number of nitrogens with zero attached hydrogens (tertiary/aromatic N) is 2. The molecule has 0 amide bonds. The number of aromatic nitrogens is 1. The first kappa shape index (κ1) is 20.6. The largest absolute Gasteiger partial charge is 0.465 e. The third-order valence-electron chi connectivity index (χ3n) is 4.57. The van der Waals surface area contributed by atoms with Crippen LogP contribution in [0.2, 0.25) is 0 Å². The second-order valence-corrected chi connectivity index (χ2v) is 8.23. The molecule has 0 unspecified atom stereocenters. The highest BCUT2D eigenvalue weighted by Crippen LogP contribution is 2.24. The molecule has 0 spiro atoms. The molecule has 8 heteroatoms. The molecule has 0 aliphatic carbocycles. The first-order chi connectivity index (χ1) is 13.8. The molecular weight excluding hydrogens is 390 g/mol. The van der Waals surface area contributed by atoms with E-state index < -0.39 is 10.0 Å². The fourth-order valence-electron chi connectivity index (χ4n) is 3.09. The molecule has 1 N–H and O–H groups in total. The number of esters is 1. The van der Waals surface area contributed by atoms with Gasteiger partial charge in [0.15, 0.2) is 0 Å². The molecule has 1 heterocycles. The van der Waals surface area contributed by atoms with Gasteiger partial charge in [-0.25, -0.2) is 4.83 Å². The van der Waals surface area contributed by atoms with E-state index in [0.717, 1.165) is 27.7 Å². The van der Waals surface area contributed by atoms with Gasteiger partial charge in [-0.15, -0.1) is 0 Å². The maximum atomic E-state index is 12.4. The zero-order chi connectivity index (χ0) is 21.0. The van der Waals surface area contributed by atoms with E-state index in [2.05, 4.69) is 9.93 Å². The summed E-state index contributed by atoms with van der Waals surface area (Å²) in [5.74, 6) is -0.333. The highest BCUT2D eigenvalue weighted by molar-refractivity contribution is 7.89. The lowest BCUT2D eigenvalue weighted by atomic mass is 10.1. The Balaban J connectivity index is 1.91. The van der Waals surface area contributed by atoms with Crippen LogP contribution in [-0.2, 0) is 26.1 Å². The summed E-state index contributed by atoms with van der Waals surface area (Å²) in [5.41, 5.74) is 3.34. The summed E-state index contributed by atoms with van der Waals surface area (Å²) in [4.78, 5) is 14.4. The van der Waals surface area contributed by atoms with Crippen molar-refractivity contribution in [3.63, 3.8) is 0 Å². The Labute approximate surface area is 170 Å². The van der Waals surface area contributed by atoms with Gasteiger partial charge in [-0.05, 0) is 39.0 Å². The predicted octanol–water partition coefficient (Wildman–Crippen LogP) is 3.13. The quantitative estimate of drug-likeness (QED) is 0.366. The van der Waals surface area contributed by atoms with Crippen molar-refractivity contribution >= 4 is 33.1 Å². The molecule has 152 valence electrons. The number of hydrogen-bond donors (Lipinski definition) is 1. The number of benzene rings is 2. The van der Waals surface area contributed by atoms with Crippen LogP contribution in [0, 0.1) is 13.8 Å². The van der Waals surface area contributed by atoms with E-state index in [9.17, 15) is 13.2 Å². The summed E-state index contributed by atoms with van der Waals surface area (Å²) in [7, 11) is -3.76. The minimum atomic E-state index is -3.76. The van der Waals surface area contributed by atoms with Gasteiger partial charge in [-0.2, -0.15) is 13.5 Å². The standard InChI is InChI=1S/C21H23N3O4S/c1-4-28-21(25)14-24-16(3)19(18-7-5-6-8-20(18)24)13-22-23-29(26,27)17-11-9-15(2)10-12-17/h5-13,23H,4,14H2,1-3H3/b22-13-. The maximum absolute atomic E-state index is 12.4. The highest BCUT2D eigenvalue weighted by Gasteiger charge is 2.16. The van der Waals surface area contributed by atoms with E-state index in [4.69, 9.17) is 4.74 Å². The fraction of sp³-hybridized carbons (Fsp3) is 0.238. The first-order valence-corrected chi connectivity index (χ1v) is 10.7. The van der Waals surface area contributed by atoms with Gasteiger partial charge in [0.1, 0.15) is 6.54 Å². The number of ether oxygens (including phenoxy) is 1. The Bertz CT molecular complexity index is 1160. The minimum absolute atomic E-state index is 0.0725. The second-order valence-electron chi connectivity index (χ2n) is 6.57. The number of carbonyl (C=O) groups is 1. The lowest BCUT2D eigenvalue weighted by molar-refractivity contribution is -0.143. The number of nitrogens with one attached hydrogen (secondary N) is 1. The summed E-state index contributed by atoms with van der Waals surface area (Å²) < 4.78 is 31.7. The first-order valence-electron chi connectivity index (χ1n) is 9.18. The van der Waals surface area contributed by atoms with Crippen LogP contribution in [0.5, 0.6) is 0 Å². The van der Waals surface area contributed by atoms with Crippen LogP contribution in [0.25, 0.3) is 10.9 Å². The van der Waals surface area contributed by atoms with Crippen LogP contribution in [-0.4, -0.2) is 31.8 Å². The van der Waals surface area contributed by atoms with Crippen LogP contribution in [0.3, 0.4) is 0 Å². The van der Waals surface area contributed by atoms with E-state index in [-0.39, 0.29) is 17.4 Å². The van der Waals surface area contributed by atoms with E-state index in [1.54, 1.807) is 19.1 Å². The van der Waals surface area contributed by atoms with Crippen molar-refractivity contribution in [2.24, 2.45) is 5.10 Å². The molecule has 2 aromatic carbocycles. The summed E-state index contributed by atoms with van der Waals surface area (Å²) in [6.07, 6.45) is 1.46. The number of aryl methyl sites for hydroxylation is 1. The van der Waals surface area contributed by atoms with Gasteiger partial charge in [-0.3, -0.25) is 4.79 Å². The Morgan fingerprint density at radius 2 is 1.83 bits per heavy atom. The molecular formula is C21H23N3O4S. The molecule has 0 aliphatic heterocycles. The number of para-hydroxylation sites is 1. The molecule has 0 saturated carbocycles. The monoisotopic (exact) mass is 413 g/mol. The van der Waals surface area contributed by atoms with E-state index in [1.807, 2.05) is 42.7 Å². The smallest absolute Gasteiger partial charge is 0.325 e. The summed E-state index contributed by atoms with van der Waals surface area (Å²) in [6.45, 7) is 5.89. The number of fused-ring (bicyclic) bond motifs is 1. The molecule has 1 aromatic heterocycles. The zero-order valence-electron chi connectivity index (χ0n) is 16.5. The van der Waals surface area contributed by atoms with Gasteiger partial charge in [0, 0.05) is 22.2 Å². The molecule has 3 rings (SSSR count). The lowest BCUT2D eigenvalue weighted by Gasteiger charge is -2.07. The van der Waals surface area contributed by atoms with Crippen molar-refractivity contribution in [1.82, 2.24) is 9.40 Å². The Morgan fingerprint density at radius 3 is 2.52 bits per heavy atom. The second kappa shape index (κ2) is 8.48. The normalized spacial score (nSPS) is 11.8. The molecule has 0 atom stereocenters. The van der Waals surface area contributed by atoms with Gasteiger partial charge in [0.25, 0.3) is 10.0 Å². The van der Waals surface area contributed by atoms with Crippen LogP contribution in [0.4, 0.5) is 0 Å². The Hall–Kier alpha value is -3.13. The number of hydrazone groups is 1. The lowest BCUT2D eigenvalue weighted by Crippen LogP contribution is -2.18. The summed E-state index contributed by atoms with van der Waals surface area (Å²) in [6, 6.07) is 14.1. The van der Waals surface area contributed by atoms with Crippen LogP contribution in [0.15, 0.2) is 58.5 Å². The van der Waals surface area contributed by atoms with Crippen molar-refractivity contribution in [3.05, 3.63) is 65.4 Å². The predicted molar refractivity (Wildman–Crippen MR) is 112 cm³/mol. The van der Waals surface area contributed by atoms with E-state index in [1.165, 1.54) is 18.3 Å². The summed E-state index contributed by atoms with van der Waals surface area (Å²) >= 11 is 0. The zero-order valence-corrected chi connectivity index (χ0v) is 17.4. The maximum Gasteiger partial charge on any atom is 0.325 e. The summed E-state index contributed by atoms with van der Waals surface area (Å²) in [5, 5.41) is 4.83. The van der Waals surface area contributed by atoms with Gasteiger partial charge in [-0.1, -0.05) is 35.9 Å². The molecule has 0 aliphatic rings. The van der Waals surface area contributed by atoms with Crippen molar-refractivity contribution < 1.29 is 17.9 Å². The van der Waals surface area contributed by atoms with Gasteiger partial charge in [0.2, 0.25) is 0 Å². The van der Waals surface area contributed by atoms with E-state index >= 15 is 0 Å². The van der Waals surface area contributed by atoms with Gasteiger partial charge >= 0.3 is 5.97 Å². The fourth-order valence-corrected chi connectivity index (χ4v) is 3.88. The van der Waals surface area contributed by atoms with E-state index in [0.29, 0.717) is 6.61 Å². The van der Waals surface area contributed by atoms with Crippen LogP contribution < -0.4 is 4.83 Å². The molecule has 7 nitrogen and oxygen atoms in total. The molecule has 0 saturated heterocycles. The molecule has 0 radical (unpaired) electrons. The Kier molecular flexibility index (Phi) is 6.03. The molecule has 29 heavy (non-hydrogen) atoms. The Morgan fingerprint density at radius 1 is 1.14 bits per heavy atom. The third-order valence-corrected chi connectivity index (χ3v) is 5.81. The third kappa shape index (κ3) is 4.48. The van der Waals surface area contributed by atoms with Crippen molar-refractivity contribution in [3.8, 4) is 0 Å². The topological polar surface area (TPSA) is 89.8 Å². The van der Waals surface area contributed by atoms with Crippen LogP contribution >= 0.6 is 0 Å². The minimum Gasteiger partial charge on any atom is -0.465 e. The molecule has 3 aromatic rings. The highest BCUT2D eigenvalue weighted by atomic mass is 32.2. The average Bonchev–Trinajstić information content (AvgIpc) is 2.94. The molecule has 0 fully saturated rings. The number of rotatable bonds is 7.